The van der Waals surface area contributed by atoms with Crippen LogP contribution in [-0.4, -0.2) is 4.57 Å². The molecule has 0 atom stereocenters. The van der Waals surface area contributed by atoms with Crippen molar-refractivity contribution in [2.24, 2.45) is 0 Å². The lowest BCUT2D eigenvalue weighted by molar-refractivity contribution is 0.601. The molecule has 2 aliphatic rings. The van der Waals surface area contributed by atoms with Crippen LogP contribution in [0, 0.1) is 0 Å². The number of para-hydroxylation sites is 2. The van der Waals surface area contributed by atoms with Gasteiger partial charge in [0.05, 0.1) is 11.0 Å². The van der Waals surface area contributed by atoms with Crippen molar-refractivity contribution in [3.05, 3.63) is 198 Å². The Balaban J connectivity index is 1.02. The highest BCUT2D eigenvalue weighted by molar-refractivity contribution is 6.09. The van der Waals surface area contributed by atoms with Crippen molar-refractivity contribution < 1.29 is 0 Å². The van der Waals surface area contributed by atoms with Crippen molar-refractivity contribution in [1.82, 2.24) is 4.57 Å². The minimum Gasteiger partial charge on any atom is -0.309 e. The van der Waals surface area contributed by atoms with E-state index in [1.165, 1.54) is 105 Å². The number of hydrogen-bond acceptors (Lipinski definition) is 0. The predicted octanol–water partition coefficient (Wildman–Crippen LogP) is 14.4. The molecule has 1 heteroatoms. The quantitative estimate of drug-likeness (QED) is 0.172. The van der Waals surface area contributed by atoms with E-state index >= 15 is 0 Å². The Morgan fingerprint density at radius 2 is 0.764 bits per heavy atom. The van der Waals surface area contributed by atoms with E-state index in [4.69, 9.17) is 0 Å². The van der Waals surface area contributed by atoms with E-state index in [1.54, 1.807) is 0 Å². The van der Waals surface area contributed by atoms with Gasteiger partial charge in [-0.05, 0) is 120 Å². The highest BCUT2D eigenvalue weighted by atomic mass is 15.0. The van der Waals surface area contributed by atoms with Crippen LogP contribution in [0.25, 0.3) is 83.1 Å². The van der Waals surface area contributed by atoms with Gasteiger partial charge in [0.15, 0.2) is 0 Å². The smallest absolute Gasteiger partial charge is 0.0541 e. The molecule has 0 aliphatic heterocycles. The van der Waals surface area contributed by atoms with Crippen LogP contribution in [0.15, 0.2) is 176 Å². The standard InChI is InChI=1S/C54H41N/c1-53(2)47-28-24-39(38-19-13-18-37(31-38)36-17-12-16-35(30-36)34-14-6-5-7-15-34)32-45(47)43-26-27-44-46-33-40(25-29-48(46)54(3,4)52(44)51(43)53)55-49-22-10-8-20-41(49)42-21-9-11-23-50(42)55/h5-33H,1-4H3. The maximum atomic E-state index is 2.45. The first-order valence-electron chi connectivity index (χ1n) is 19.5. The number of rotatable bonds is 4. The summed E-state index contributed by atoms with van der Waals surface area (Å²) in [4.78, 5) is 0. The summed E-state index contributed by atoms with van der Waals surface area (Å²) in [6.07, 6.45) is 0. The first-order valence-corrected chi connectivity index (χ1v) is 19.5. The number of aromatic nitrogens is 1. The molecule has 1 aromatic heterocycles. The molecule has 0 amide bonds. The summed E-state index contributed by atoms with van der Waals surface area (Å²) in [6, 6.07) is 65.4. The topological polar surface area (TPSA) is 4.93 Å². The molecule has 1 heterocycles. The second-order valence-corrected chi connectivity index (χ2v) is 16.5. The molecular formula is C54H41N. The fourth-order valence-corrected chi connectivity index (χ4v) is 10.1. The molecule has 1 nitrogen and oxygen atoms in total. The van der Waals surface area contributed by atoms with Crippen molar-refractivity contribution in [3.63, 3.8) is 0 Å². The van der Waals surface area contributed by atoms with Crippen LogP contribution in [-0.2, 0) is 10.8 Å². The van der Waals surface area contributed by atoms with Crippen molar-refractivity contribution in [2.45, 2.75) is 38.5 Å². The van der Waals surface area contributed by atoms with E-state index < -0.39 is 0 Å². The van der Waals surface area contributed by atoms with Crippen LogP contribution < -0.4 is 0 Å². The molecule has 0 spiro atoms. The third-order valence-corrected chi connectivity index (χ3v) is 12.7. The average molecular weight is 704 g/mol. The fourth-order valence-electron chi connectivity index (χ4n) is 10.1. The molecule has 8 aromatic carbocycles. The minimum atomic E-state index is -0.139. The maximum absolute atomic E-state index is 2.45. The van der Waals surface area contributed by atoms with Crippen LogP contribution in [0.5, 0.6) is 0 Å². The third kappa shape index (κ3) is 4.60. The largest absolute Gasteiger partial charge is 0.309 e. The second-order valence-electron chi connectivity index (χ2n) is 16.5. The molecule has 262 valence electrons. The van der Waals surface area contributed by atoms with Gasteiger partial charge in [-0.1, -0.05) is 161 Å². The van der Waals surface area contributed by atoms with Crippen LogP contribution in [0.2, 0.25) is 0 Å². The monoisotopic (exact) mass is 703 g/mol. The van der Waals surface area contributed by atoms with Gasteiger partial charge in [-0.3, -0.25) is 0 Å². The van der Waals surface area contributed by atoms with E-state index in [0.717, 1.165) is 0 Å². The summed E-state index contributed by atoms with van der Waals surface area (Å²) in [7, 11) is 0. The van der Waals surface area contributed by atoms with Crippen LogP contribution in [0.4, 0.5) is 0 Å². The molecule has 0 N–H and O–H groups in total. The van der Waals surface area contributed by atoms with Gasteiger partial charge in [-0.2, -0.15) is 0 Å². The van der Waals surface area contributed by atoms with Gasteiger partial charge in [0, 0.05) is 27.3 Å². The van der Waals surface area contributed by atoms with Crippen molar-refractivity contribution in [2.75, 3.05) is 0 Å². The Morgan fingerprint density at radius 1 is 0.327 bits per heavy atom. The Kier molecular flexibility index (Phi) is 6.72. The summed E-state index contributed by atoms with van der Waals surface area (Å²) in [5.41, 5.74) is 22.1. The van der Waals surface area contributed by atoms with Crippen LogP contribution in [0.1, 0.15) is 49.9 Å². The lowest BCUT2D eigenvalue weighted by Gasteiger charge is -2.30. The third-order valence-electron chi connectivity index (χ3n) is 12.7. The fraction of sp³-hybridized carbons (Fsp3) is 0.111. The molecule has 0 fully saturated rings. The first-order chi connectivity index (χ1) is 26.8. The maximum Gasteiger partial charge on any atom is 0.0541 e. The molecule has 0 radical (unpaired) electrons. The van der Waals surface area contributed by atoms with E-state index in [2.05, 4.69) is 208 Å². The normalized spacial score (nSPS) is 14.5. The van der Waals surface area contributed by atoms with Gasteiger partial charge in [-0.25, -0.2) is 0 Å². The average Bonchev–Trinajstić information content (AvgIpc) is 3.77. The molecule has 9 aromatic rings. The van der Waals surface area contributed by atoms with Gasteiger partial charge in [0.2, 0.25) is 0 Å². The molecule has 2 aliphatic carbocycles. The van der Waals surface area contributed by atoms with Gasteiger partial charge in [-0.15, -0.1) is 0 Å². The molecule has 0 saturated heterocycles. The molecular weight excluding hydrogens is 663 g/mol. The van der Waals surface area contributed by atoms with Crippen molar-refractivity contribution in [3.8, 4) is 61.3 Å². The summed E-state index contributed by atoms with van der Waals surface area (Å²) in [5.74, 6) is 0. The summed E-state index contributed by atoms with van der Waals surface area (Å²) >= 11 is 0. The Hall–Kier alpha value is -6.44. The van der Waals surface area contributed by atoms with E-state index in [1.807, 2.05) is 0 Å². The minimum absolute atomic E-state index is 0.136. The zero-order chi connectivity index (χ0) is 37.1. The molecule has 0 unspecified atom stereocenters. The number of nitrogens with zero attached hydrogens (tertiary/aromatic N) is 1. The van der Waals surface area contributed by atoms with E-state index in [9.17, 15) is 0 Å². The zero-order valence-corrected chi connectivity index (χ0v) is 31.7. The van der Waals surface area contributed by atoms with E-state index in [-0.39, 0.29) is 10.8 Å². The van der Waals surface area contributed by atoms with Crippen LogP contribution >= 0.6 is 0 Å². The number of fused-ring (bicyclic) bond motifs is 10. The van der Waals surface area contributed by atoms with Crippen molar-refractivity contribution in [1.29, 1.82) is 0 Å². The number of hydrogen-bond donors (Lipinski definition) is 0. The highest BCUT2D eigenvalue weighted by Crippen LogP contribution is 2.59. The van der Waals surface area contributed by atoms with Gasteiger partial charge >= 0.3 is 0 Å². The molecule has 11 rings (SSSR count). The SMILES string of the molecule is CC1(C)c2ccc(-c3cccc(-c4cccc(-c5ccccc5)c4)c3)cc2-c2ccc3c(c21)C(C)(C)c1ccc(-n2c4ccccc4c4ccccc42)cc1-3. The summed E-state index contributed by atoms with van der Waals surface area (Å²) < 4.78 is 2.44. The highest BCUT2D eigenvalue weighted by Gasteiger charge is 2.45. The van der Waals surface area contributed by atoms with Gasteiger partial charge in [0.25, 0.3) is 0 Å². The number of benzene rings is 8. The van der Waals surface area contributed by atoms with Gasteiger partial charge in [0.1, 0.15) is 0 Å². The van der Waals surface area contributed by atoms with Crippen molar-refractivity contribution >= 4 is 21.8 Å². The Labute approximate surface area is 323 Å². The second kappa shape index (κ2) is 11.5. The molecule has 55 heavy (non-hydrogen) atoms. The molecule has 0 bridgehead atoms. The van der Waals surface area contributed by atoms with Crippen LogP contribution in [0.3, 0.4) is 0 Å². The predicted molar refractivity (Wildman–Crippen MR) is 232 cm³/mol. The molecule has 0 saturated carbocycles. The lowest BCUT2D eigenvalue weighted by Crippen LogP contribution is -2.24. The lowest BCUT2D eigenvalue weighted by atomic mass is 9.72. The zero-order valence-electron chi connectivity index (χ0n) is 31.7. The summed E-state index contributed by atoms with van der Waals surface area (Å²) in [6.45, 7) is 9.73. The van der Waals surface area contributed by atoms with E-state index in [0.29, 0.717) is 0 Å². The Bertz CT molecular complexity index is 2970. The summed E-state index contributed by atoms with van der Waals surface area (Å²) in [5, 5.41) is 2.58. The first kappa shape index (κ1) is 32.0. The van der Waals surface area contributed by atoms with Gasteiger partial charge < -0.3 is 4.57 Å². The Morgan fingerprint density at radius 3 is 1.33 bits per heavy atom.